The van der Waals surface area contributed by atoms with Gasteiger partial charge in [0.1, 0.15) is 6.04 Å². The fourth-order valence-electron chi connectivity index (χ4n) is 2.41. The largest absolute Gasteiger partial charge is 0.480 e. The lowest BCUT2D eigenvalue weighted by atomic mass is 9.74. The first-order chi connectivity index (χ1) is 9.57. The molecule has 1 aliphatic rings. The highest BCUT2D eigenvalue weighted by atomic mass is 16.4. The zero-order valence-corrected chi connectivity index (χ0v) is 12.9. The van der Waals surface area contributed by atoms with Crippen molar-refractivity contribution >= 4 is 17.6 Å². The molecule has 1 amide bonds. The van der Waals surface area contributed by atoms with Gasteiger partial charge in [-0.3, -0.25) is 9.69 Å². The Morgan fingerprint density at radius 1 is 1.24 bits per heavy atom. The number of anilines is 1. The second kappa shape index (κ2) is 4.84. The number of para-hydroxylation sites is 1. The first-order valence-corrected chi connectivity index (χ1v) is 7.00. The van der Waals surface area contributed by atoms with Gasteiger partial charge in [-0.1, -0.05) is 18.2 Å². The van der Waals surface area contributed by atoms with Gasteiger partial charge in [0.15, 0.2) is 0 Å². The summed E-state index contributed by atoms with van der Waals surface area (Å²) in [5.41, 5.74) is 6.04. The van der Waals surface area contributed by atoms with Gasteiger partial charge in [-0.25, -0.2) is 4.79 Å². The van der Waals surface area contributed by atoms with Crippen molar-refractivity contribution in [3.63, 3.8) is 0 Å². The van der Waals surface area contributed by atoms with Gasteiger partial charge in [-0.05, 0) is 39.3 Å². The predicted molar refractivity (Wildman–Crippen MR) is 81.1 cm³/mol. The van der Waals surface area contributed by atoms with Gasteiger partial charge in [-0.15, -0.1) is 0 Å². The molecule has 1 atom stereocenters. The van der Waals surface area contributed by atoms with Gasteiger partial charge in [-0.2, -0.15) is 0 Å². The van der Waals surface area contributed by atoms with E-state index in [2.05, 4.69) is 0 Å². The van der Waals surface area contributed by atoms with Crippen LogP contribution >= 0.6 is 0 Å². The van der Waals surface area contributed by atoms with E-state index in [0.29, 0.717) is 12.1 Å². The maximum atomic E-state index is 13.0. The number of benzene rings is 1. The maximum absolute atomic E-state index is 13.0. The van der Waals surface area contributed by atoms with Gasteiger partial charge in [0, 0.05) is 17.6 Å². The molecule has 114 valence electrons. The Kier molecular flexibility index (Phi) is 3.58. The molecule has 1 heterocycles. The lowest BCUT2D eigenvalue weighted by Gasteiger charge is -2.40. The van der Waals surface area contributed by atoms with E-state index >= 15 is 0 Å². The number of amides is 1. The smallest absolute Gasteiger partial charge is 0.327 e. The number of aliphatic carboxylic acids is 1. The minimum absolute atomic E-state index is 0.257. The summed E-state index contributed by atoms with van der Waals surface area (Å²) in [6.07, 6.45) is 0.332. The number of hydrogen-bond donors (Lipinski definition) is 2. The molecule has 0 saturated carbocycles. The first-order valence-electron chi connectivity index (χ1n) is 7.00. The Morgan fingerprint density at radius 2 is 1.81 bits per heavy atom. The van der Waals surface area contributed by atoms with Gasteiger partial charge in [0.2, 0.25) is 5.91 Å². The number of carbonyl (C=O) groups is 2. The van der Waals surface area contributed by atoms with Crippen molar-refractivity contribution in [2.24, 2.45) is 11.1 Å². The molecular formula is C16H22N2O3. The van der Waals surface area contributed by atoms with Crippen molar-refractivity contribution in [2.45, 2.75) is 45.7 Å². The van der Waals surface area contributed by atoms with Crippen LogP contribution in [-0.4, -0.2) is 28.6 Å². The molecule has 0 saturated heterocycles. The van der Waals surface area contributed by atoms with Gasteiger partial charge in [0.25, 0.3) is 0 Å². The number of hydrogen-bond acceptors (Lipinski definition) is 3. The Labute approximate surface area is 124 Å². The highest BCUT2D eigenvalue weighted by Gasteiger charge is 2.48. The highest BCUT2D eigenvalue weighted by Crippen LogP contribution is 2.38. The molecule has 0 radical (unpaired) electrons. The Bertz CT molecular complexity index is 587. The second-order valence-electron chi connectivity index (χ2n) is 6.71. The fourth-order valence-corrected chi connectivity index (χ4v) is 2.41. The Hall–Kier alpha value is -1.88. The van der Waals surface area contributed by atoms with Crippen LogP contribution in [-0.2, 0) is 16.0 Å². The molecule has 3 N–H and O–H groups in total. The number of carboxylic acid groups (broad SMARTS) is 1. The molecule has 0 unspecified atom stereocenters. The van der Waals surface area contributed by atoms with Crippen LogP contribution in [0.4, 0.5) is 5.69 Å². The van der Waals surface area contributed by atoms with Crippen molar-refractivity contribution in [2.75, 3.05) is 4.90 Å². The van der Waals surface area contributed by atoms with Crippen LogP contribution in [0.2, 0.25) is 0 Å². The average Bonchev–Trinajstić information content (AvgIpc) is 2.75. The summed E-state index contributed by atoms with van der Waals surface area (Å²) in [4.78, 5) is 25.9. The summed E-state index contributed by atoms with van der Waals surface area (Å²) in [7, 11) is 0. The third-order valence-electron chi connectivity index (χ3n) is 4.63. The van der Waals surface area contributed by atoms with Gasteiger partial charge in [0.05, 0.1) is 5.41 Å². The summed E-state index contributed by atoms with van der Waals surface area (Å²) in [5.74, 6) is -1.25. The highest BCUT2D eigenvalue weighted by molar-refractivity contribution is 6.04. The van der Waals surface area contributed by atoms with E-state index < -0.39 is 23.0 Å². The lowest BCUT2D eigenvalue weighted by Crippen LogP contribution is -2.58. The quantitative estimate of drug-likeness (QED) is 0.889. The predicted octanol–water partition coefficient (Wildman–Crippen LogP) is 1.79. The van der Waals surface area contributed by atoms with Crippen LogP contribution < -0.4 is 10.6 Å². The monoisotopic (exact) mass is 290 g/mol. The Morgan fingerprint density at radius 3 is 2.33 bits per heavy atom. The van der Waals surface area contributed by atoms with Crippen molar-refractivity contribution in [3.8, 4) is 0 Å². The third kappa shape index (κ3) is 2.42. The average molecular weight is 290 g/mol. The summed E-state index contributed by atoms with van der Waals surface area (Å²) >= 11 is 0. The second-order valence-corrected chi connectivity index (χ2v) is 6.71. The van der Waals surface area contributed by atoms with Crippen LogP contribution in [0.3, 0.4) is 0 Å². The minimum Gasteiger partial charge on any atom is -0.480 e. The van der Waals surface area contributed by atoms with Crippen molar-refractivity contribution in [1.82, 2.24) is 0 Å². The molecule has 0 spiro atoms. The molecule has 1 aliphatic heterocycles. The molecule has 1 aromatic carbocycles. The first kappa shape index (κ1) is 15.5. The number of carboxylic acids is 1. The van der Waals surface area contributed by atoms with Gasteiger partial charge < -0.3 is 10.8 Å². The molecule has 5 heteroatoms. The van der Waals surface area contributed by atoms with Crippen LogP contribution in [0.25, 0.3) is 0 Å². The van der Waals surface area contributed by atoms with Crippen molar-refractivity contribution in [1.29, 1.82) is 0 Å². The van der Waals surface area contributed by atoms with Crippen LogP contribution in [0.15, 0.2) is 24.3 Å². The topological polar surface area (TPSA) is 83.6 Å². The van der Waals surface area contributed by atoms with E-state index in [0.717, 1.165) is 5.56 Å². The molecule has 1 aromatic rings. The normalized spacial score (nSPS) is 18.5. The molecule has 0 aliphatic carbocycles. The van der Waals surface area contributed by atoms with E-state index in [1.54, 1.807) is 33.8 Å². The molecule has 21 heavy (non-hydrogen) atoms. The van der Waals surface area contributed by atoms with Crippen LogP contribution in [0, 0.1) is 5.41 Å². The number of carbonyl (C=O) groups excluding carboxylic acids is 1. The third-order valence-corrected chi connectivity index (χ3v) is 4.63. The molecule has 0 bridgehead atoms. The zero-order valence-electron chi connectivity index (χ0n) is 12.9. The van der Waals surface area contributed by atoms with E-state index in [1.165, 1.54) is 4.90 Å². The van der Waals surface area contributed by atoms with Crippen LogP contribution in [0.5, 0.6) is 0 Å². The summed E-state index contributed by atoms with van der Waals surface area (Å²) in [5, 5.41) is 9.45. The van der Waals surface area contributed by atoms with E-state index in [9.17, 15) is 14.7 Å². The molecule has 0 fully saturated rings. The van der Waals surface area contributed by atoms with Crippen LogP contribution in [0.1, 0.15) is 33.3 Å². The van der Waals surface area contributed by atoms with E-state index in [4.69, 9.17) is 5.73 Å². The van der Waals surface area contributed by atoms with Gasteiger partial charge >= 0.3 is 5.97 Å². The molecule has 2 rings (SSSR count). The minimum atomic E-state index is -0.995. The standard InChI is InChI=1S/C16H22N2O3/c1-15(2,16(3,4)17)14(21)18-11-8-6-5-7-10(11)9-12(18)13(19)20/h5-8,12H,9,17H2,1-4H3,(H,19,20)/t12-/m0/s1. The molecule has 5 nitrogen and oxygen atoms in total. The summed E-state index contributed by atoms with van der Waals surface area (Å²) in [6, 6.07) is 6.44. The van der Waals surface area contributed by atoms with Crippen molar-refractivity contribution in [3.05, 3.63) is 29.8 Å². The molecular weight excluding hydrogens is 268 g/mol. The number of nitrogens with two attached hydrogens (primary N) is 1. The maximum Gasteiger partial charge on any atom is 0.327 e. The van der Waals surface area contributed by atoms with E-state index in [-0.39, 0.29) is 5.91 Å². The number of fused-ring (bicyclic) bond motifs is 1. The SMILES string of the molecule is CC(C)(N)C(C)(C)C(=O)N1c2ccccc2C[C@H]1C(=O)O. The summed E-state index contributed by atoms with van der Waals surface area (Å²) < 4.78 is 0. The lowest BCUT2D eigenvalue weighted by molar-refractivity contribution is -0.141. The fraction of sp³-hybridized carbons (Fsp3) is 0.500. The number of rotatable bonds is 3. The van der Waals surface area contributed by atoms with E-state index in [1.807, 2.05) is 18.2 Å². The molecule has 0 aromatic heterocycles. The number of nitrogens with zero attached hydrogens (tertiary/aromatic N) is 1. The zero-order chi connectivity index (χ0) is 16.0. The Balaban J connectivity index is 2.49. The van der Waals surface area contributed by atoms with Crippen molar-refractivity contribution < 1.29 is 14.7 Å². The summed E-state index contributed by atoms with van der Waals surface area (Å²) in [6.45, 7) is 7.08.